The summed E-state index contributed by atoms with van der Waals surface area (Å²) in [4.78, 5) is 8.00. The van der Waals surface area contributed by atoms with E-state index >= 15 is 0 Å². The van der Waals surface area contributed by atoms with E-state index in [2.05, 4.69) is 31.0 Å². The molecule has 2 nitrogen and oxygen atoms in total. The number of aromatic amines is 1. The van der Waals surface area contributed by atoms with Gasteiger partial charge in [0.2, 0.25) is 0 Å². The highest BCUT2D eigenvalue weighted by Crippen LogP contribution is 2.39. The first-order valence-electron chi connectivity index (χ1n) is 8.02. The van der Waals surface area contributed by atoms with Gasteiger partial charge in [-0.05, 0) is 55.9 Å². The number of benzene rings is 1. The second-order valence-corrected chi connectivity index (χ2v) is 6.24. The molecule has 1 fully saturated rings. The topological polar surface area (TPSA) is 28.1 Å². The highest BCUT2D eigenvalue weighted by molar-refractivity contribution is 5.80. The predicted octanol–water partition coefficient (Wildman–Crippen LogP) is 5.43. The Bertz CT molecular complexity index is 617. The average Bonchev–Trinajstić information content (AvgIpc) is 3.00. The van der Waals surface area contributed by atoms with Crippen molar-refractivity contribution >= 4 is 11.9 Å². The summed E-state index contributed by atoms with van der Waals surface area (Å²) in [7, 11) is 0. The standard InChI is InChI=1S/C19H24N2/c1-14-11-15(2)19(21-13-17-9-6-10-20-17)18(12-14)16-7-4-3-5-8-16/h6,9-13,16,20H,3-5,7-8H2,1-2H3. The predicted molar refractivity (Wildman–Crippen MR) is 89.8 cm³/mol. The minimum absolute atomic E-state index is 0.688. The van der Waals surface area contributed by atoms with E-state index < -0.39 is 0 Å². The van der Waals surface area contributed by atoms with Crippen molar-refractivity contribution in [2.45, 2.75) is 51.9 Å². The highest BCUT2D eigenvalue weighted by Gasteiger charge is 2.19. The number of aliphatic imine (C=N–C) groups is 1. The summed E-state index contributed by atoms with van der Waals surface area (Å²) < 4.78 is 0. The van der Waals surface area contributed by atoms with Gasteiger partial charge in [0.05, 0.1) is 17.6 Å². The minimum atomic E-state index is 0.688. The first-order valence-corrected chi connectivity index (χ1v) is 8.02. The average molecular weight is 280 g/mol. The van der Waals surface area contributed by atoms with Crippen LogP contribution < -0.4 is 0 Å². The summed E-state index contributed by atoms with van der Waals surface area (Å²) in [6, 6.07) is 8.65. The smallest absolute Gasteiger partial charge is 0.0694 e. The molecule has 2 aromatic rings. The Labute approximate surface area is 127 Å². The van der Waals surface area contributed by atoms with E-state index in [0.29, 0.717) is 5.92 Å². The van der Waals surface area contributed by atoms with Crippen LogP contribution in [0.3, 0.4) is 0 Å². The summed E-state index contributed by atoms with van der Waals surface area (Å²) in [6.07, 6.45) is 10.6. The largest absolute Gasteiger partial charge is 0.360 e. The van der Waals surface area contributed by atoms with E-state index in [1.807, 2.05) is 24.5 Å². The van der Waals surface area contributed by atoms with Crippen LogP contribution in [0.15, 0.2) is 35.5 Å². The molecule has 0 bridgehead atoms. The molecule has 1 aliphatic rings. The Morgan fingerprint density at radius 3 is 2.67 bits per heavy atom. The molecular weight excluding hydrogens is 256 g/mol. The molecule has 2 heteroatoms. The highest BCUT2D eigenvalue weighted by atomic mass is 14.8. The molecule has 1 saturated carbocycles. The fourth-order valence-electron chi connectivity index (χ4n) is 3.45. The molecular formula is C19H24N2. The summed E-state index contributed by atoms with van der Waals surface area (Å²) in [5.41, 5.74) is 6.34. The van der Waals surface area contributed by atoms with Gasteiger partial charge < -0.3 is 4.98 Å². The Morgan fingerprint density at radius 2 is 1.95 bits per heavy atom. The molecule has 1 aromatic heterocycles. The van der Waals surface area contributed by atoms with Crippen molar-refractivity contribution in [3.05, 3.63) is 52.8 Å². The molecule has 0 radical (unpaired) electrons. The first kappa shape index (κ1) is 14.1. The summed E-state index contributed by atoms with van der Waals surface area (Å²) >= 11 is 0. The van der Waals surface area contributed by atoms with Crippen molar-refractivity contribution in [1.29, 1.82) is 0 Å². The maximum absolute atomic E-state index is 4.81. The van der Waals surface area contributed by atoms with Crippen LogP contribution >= 0.6 is 0 Å². The molecule has 1 N–H and O–H groups in total. The number of hydrogen-bond acceptors (Lipinski definition) is 1. The van der Waals surface area contributed by atoms with E-state index in [-0.39, 0.29) is 0 Å². The van der Waals surface area contributed by atoms with Crippen LogP contribution in [0.1, 0.15) is 60.4 Å². The van der Waals surface area contributed by atoms with Gasteiger partial charge in [0.1, 0.15) is 0 Å². The van der Waals surface area contributed by atoms with E-state index in [1.165, 1.54) is 54.5 Å². The number of nitrogens with zero attached hydrogens (tertiary/aromatic N) is 1. The van der Waals surface area contributed by atoms with Gasteiger partial charge in [-0.2, -0.15) is 0 Å². The monoisotopic (exact) mass is 280 g/mol. The molecule has 110 valence electrons. The number of nitrogens with one attached hydrogen (secondary N) is 1. The zero-order valence-corrected chi connectivity index (χ0v) is 13.0. The van der Waals surface area contributed by atoms with E-state index in [9.17, 15) is 0 Å². The molecule has 3 rings (SSSR count). The Morgan fingerprint density at radius 1 is 1.14 bits per heavy atom. The molecule has 1 heterocycles. The van der Waals surface area contributed by atoms with Gasteiger partial charge in [-0.3, -0.25) is 4.99 Å². The van der Waals surface area contributed by atoms with Crippen molar-refractivity contribution in [3.8, 4) is 0 Å². The van der Waals surface area contributed by atoms with E-state index in [0.717, 1.165) is 5.69 Å². The molecule has 0 amide bonds. The van der Waals surface area contributed by atoms with Gasteiger partial charge >= 0.3 is 0 Å². The van der Waals surface area contributed by atoms with Gasteiger partial charge in [0, 0.05) is 6.20 Å². The van der Waals surface area contributed by atoms with Crippen LogP contribution in [0.4, 0.5) is 5.69 Å². The number of H-pyrrole nitrogens is 1. The Kier molecular flexibility index (Phi) is 4.23. The second-order valence-electron chi connectivity index (χ2n) is 6.24. The van der Waals surface area contributed by atoms with Crippen LogP contribution in [-0.4, -0.2) is 11.2 Å². The van der Waals surface area contributed by atoms with Gasteiger partial charge in [-0.15, -0.1) is 0 Å². The van der Waals surface area contributed by atoms with Gasteiger partial charge in [-0.25, -0.2) is 0 Å². The Hall–Kier alpha value is -1.83. The van der Waals surface area contributed by atoms with Crippen molar-refractivity contribution < 1.29 is 0 Å². The third-order valence-corrected chi connectivity index (χ3v) is 4.47. The zero-order chi connectivity index (χ0) is 14.7. The quantitative estimate of drug-likeness (QED) is 0.726. The zero-order valence-electron chi connectivity index (χ0n) is 13.0. The van der Waals surface area contributed by atoms with Crippen LogP contribution in [0.25, 0.3) is 0 Å². The molecule has 0 spiro atoms. The van der Waals surface area contributed by atoms with E-state index in [4.69, 9.17) is 4.99 Å². The summed E-state index contributed by atoms with van der Waals surface area (Å²) in [6.45, 7) is 4.37. The normalized spacial score (nSPS) is 16.7. The molecule has 21 heavy (non-hydrogen) atoms. The van der Waals surface area contributed by atoms with Crippen LogP contribution in [-0.2, 0) is 0 Å². The maximum Gasteiger partial charge on any atom is 0.0694 e. The molecule has 0 atom stereocenters. The molecule has 1 aromatic carbocycles. The minimum Gasteiger partial charge on any atom is -0.360 e. The number of rotatable bonds is 3. The maximum atomic E-state index is 4.81. The van der Waals surface area contributed by atoms with Gasteiger partial charge in [-0.1, -0.05) is 37.0 Å². The lowest BCUT2D eigenvalue weighted by Crippen LogP contribution is -2.06. The summed E-state index contributed by atoms with van der Waals surface area (Å²) in [5, 5.41) is 0. The third kappa shape index (κ3) is 3.26. The third-order valence-electron chi connectivity index (χ3n) is 4.47. The number of hydrogen-bond donors (Lipinski definition) is 1. The van der Waals surface area contributed by atoms with Gasteiger partial charge in [0.25, 0.3) is 0 Å². The number of aryl methyl sites for hydroxylation is 2. The lowest BCUT2D eigenvalue weighted by atomic mass is 9.82. The van der Waals surface area contributed by atoms with E-state index in [1.54, 1.807) is 0 Å². The molecule has 0 aliphatic heterocycles. The van der Waals surface area contributed by atoms with Crippen molar-refractivity contribution in [2.75, 3.05) is 0 Å². The summed E-state index contributed by atoms with van der Waals surface area (Å²) in [5.74, 6) is 0.688. The first-order chi connectivity index (χ1) is 10.2. The molecule has 1 aliphatic carbocycles. The van der Waals surface area contributed by atoms with Crippen molar-refractivity contribution in [3.63, 3.8) is 0 Å². The Balaban J connectivity index is 1.97. The second kappa shape index (κ2) is 6.30. The number of aromatic nitrogens is 1. The van der Waals surface area contributed by atoms with Crippen LogP contribution in [0.5, 0.6) is 0 Å². The lowest BCUT2D eigenvalue weighted by molar-refractivity contribution is 0.444. The van der Waals surface area contributed by atoms with Crippen LogP contribution in [0.2, 0.25) is 0 Å². The fraction of sp³-hybridized carbons (Fsp3) is 0.421. The molecule has 0 saturated heterocycles. The fourth-order valence-corrected chi connectivity index (χ4v) is 3.45. The lowest BCUT2D eigenvalue weighted by Gasteiger charge is -2.24. The van der Waals surface area contributed by atoms with Crippen molar-refractivity contribution in [1.82, 2.24) is 4.98 Å². The van der Waals surface area contributed by atoms with Crippen molar-refractivity contribution in [2.24, 2.45) is 4.99 Å². The molecule has 0 unspecified atom stereocenters. The van der Waals surface area contributed by atoms with Crippen LogP contribution in [0, 0.1) is 13.8 Å². The SMILES string of the molecule is Cc1cc(C)c(N=Cc2ccc[nH]2)c(C2CCCCC2)c1. The van der Waals surface area contributed by atoms with Gasteiger partial charge in [0.15, 0.2) is 0 Å².